The summed E-state index contributed by atoms with van der Waals surface area (Å²) in [7, 11) is 0. The summed E-state index contributed by atoms with van der Waals surface area (Å²) in [6.45, 7) is 2.98. The van der Waals surface area contributed by atoms with Gasteiger partial charge in [-0.05, 0) is 49.8 Å². The zero-order chi connectivity index (χ0) is 23.5. The molecule has 0 spiro atoms. The fourth-order valence-corrected chi connectivity index (χ4v) is 3.31. The molecule has 0 saturated heterocycles. The van der Waals surface area contributed by atoms with Crippen LogP contribution in [0.4, 0.5) is 0 Å². The van der Waals surface area contributed by atoms with Crippen molar-refractivity contribution in [3.05, 3.63) is 89.9 Å². The van der Waals surface area contributed by atoms with Crippen molar-refractivity contribution in [2.24, 2.45) is 0 Å². The molecule has 0 saturated carbocycles. The first kappa shape index (κ1) is 22.3. The van der Waals surface area contributed by atoms with E-state index in [0.717, 1.165) is 0 Å². The highest BCUT2D eigenvalue weighted by Crippen LogP contribution is 2.36. The Hall–Kier alpha value is -4.40. The van der Waals surface area contributed by atoms with Crippen molar-refractivity contribution in [1.82, 2.24) is 4.57 Å². The van der Waals surface area contributed by atoms with Crippen molar-refractivity contribution in [2.75, 3.05) is 6.61 Å². The maximum Gasteiger partial charge on any atom is 0.294 e. The summed E-state index contributed by atoms with van der Waals surface area (Å²) in [6.07, 6.45) is 1.80. The van der Waals surface area contributed by atoms with Crippen LogP contribution in [0.5, 0.6) is 5.75 Å². The molecule has 32 heavy (non-hydrogen) atoms. The molecular formula is C20H18N4O8. The van der Waals surface area contributed by atoms with Crippen LogP contribution in [0.1, 0.15) is 30.5 Å². The van der Waals surface area contributed by atoms with Crippen LogP contribution in [0.3, 0.4) is 0 Å². The van der Waals surface area contributed by atoms with Gasteiger partial charge in [0, 0.05) is 24.2 Å². The lowest BCUT2D eigenvalue weighted by atomic mass is 9.97. The molecule has 0 aliphatic carbocycles. The van der Waals surface area contributed by atoms with Crippen LogP contribution in [0.15, 0.2) is 47.4 Å². The number of hydrogen-bond acceptors (Lipinski definition) is 9. The fourth-order valence-electron chi connectivity index (χ4n) is 3.31. The Morgan fingerprint density at radius 2 is 1.97 bits per heavy atom. The molecule has 2 aromatic rings. The van der Waals surface area contributed by atoms with Gasteiger partial charge in [-0.1, -0.05) is 0 Å². The molecule has 166 valence electrons. The highest BCUT2D eigenvalue weighted by molar-refractivity contribution is 5.74. The van der Waals surface area contributed by atoms with Gasteiger partial charge in [-0.15, -0.1) is 20.2 Å². The Morgan fingerprint density at radius 3 is 2.59 bits per heavy atom. The Kier molecular flexibility index (Phi) is 6.10. The molecule has 1 unspecified atom stereocenters. The Balaban J connectivity index is 1.94. The molecule has 1 aliphatic heterocycles. The molecule has 2 heterocycles. The highest BCUT2D eigenvalue weighted by Gasteiger charge is 2.28. The summed E-state index contributed by atoms with van der Waals surface area (Å²) in [5.41, 5.74) is 0.664. The van der Waals surface area contributed by atoms with Gasteiger partial charge in [-0.25, -0.2) is 0 Å². The van der Waals surface area contributed by atoms with Crippen LogP contribution in [-0.4, -0.2) is 33.1 Å². The Labute approximate surface area is 181 Å². The first-order chi connectivity index (χ1) is 15.1. The normalized spacial score (nSPS) is 14.7. The van der Waals surface area contributed by atoms with Crippen LogP contribution < -0.4 is 10.3 Å². The molecule has 12 heteroatoms. The standard InChI is InChI=1S/C20H18N4O8/c1-20(2)10-17(16-8-14(11-21)3-4-18(16)31-20)22-6-5-13(9-19(22)25)7-15(32-24(28)29)12-30-23(26)27/h3-6,8-10,15H,7,12H2,1-2H3. The quantitative estimate of drug-likeness (QED) is 0.440. The van der Waals surface area contributed by atoms with Gasteiger partial charge in [0.05, 0.1) is 17.3 Å². The van der Waals surface area contributed by atoms with Gasteiger partial charge in [0.25, 0.3) is 15.7 Å². The summed E-state index contributed by atoms with van der Waals surface area (Å²) in [5, 5.41) is 28.1. The SMILES string of the molecule is CC1(C)C=C(n2ccc(CC(CO[N+](=O)[O-])O[N+](=O)[O-])cc2=O)c2cc(C#N)ccc2O1. The summed E-state index contributed by atoms with van der Waals surface area (Å²) >= 11 is 0. The molecule has 0 bridgehead atoms. The molecule has 1 aromatic heterocycles. The maximum atomic E-state index is 12.9. The lowest BCUT2D eigenvalue weighted by molar-refractivity contribution is -0.789. The molecule has 0 fully saturated rings. The summed E-state index contributed by atoms with van der Waals surface area (Å²) < 4.78 is 7.29. The van der Waals surface area contributed by atoms with E-state index >= 15 is 0 Å². The number of benzene rings is 1. The van der Waals surface area contributed by atoms with Gasteiger partial charge in [-0.3, -0.25) is 9.36 Å². The van der Waals surface area contributed by atoms with Crippen LogP contribution >= 0.6 is 0 Å². The first-order valence-electron chi connectivity index (χ1n) is 9.35. The zero-order valence-corrected chi connectivity index (χ0v) is 17.1. The number of nitrogens with zero attached hydrogens (tertiary/aromatic N) is 4. The minimum atomic E-state index is -1.27. The van der Waals surface area contributed by atoms with Gasteiger partial charge in [0.1, 0.15) is 24.1 Å². The molecular weight excluding hydrogens is 424 g/mol. The third-order valence-corrected chi connectivity index (χ3v) is 4.55. The second kappa shape index (κ2) is 8.76. The summed E-state index contributed by atoms with van der Waals surface area (Å²) in [6, 6.07) is 9.74. The zero-order valence-electron chi connectivity index (χ0n) is 17.1. The van der Waals surface area contributed by atoms with Gasteiger partial charge < -0.3 is 14.4 Å². The predicted molar refractivity (Wildman–Crippen MR) is 108 cm³/mol. The van der Waals surface area contributed by atoms with E-state index in [2.05, 4.69) is 15.7 Å². The maximum absolute atomic E-state index is 12.9. The van der Waals surface area contributed by atoms with Crippen LogP contribution in [0, 0.1) is 31.6 Å². The molecule has 12 nitrogen and oxygen atoms in total. The number of fused-ring (bicyclic) bond motifs is 1. The van der Waals surface area contributed by atoms with Crippen molar-refractivity contribution in [2.45, 2.75) is 32.0 Å². The number of rotatable bonds is 8. The predicted octanol–water partition coefficient (Wildman–Crippen LogP) is 2.11. The molecule has 0 amide bonds. The van der Waals surface area contributed by atoms with Crippen LogP contribution in [0.25, 0.3) is 5.70 Å². The topological polar surface area (TPSA) is 160 Å². The summed E-state index contributed by atoms with van der Waals surface area (Å²) in [4.78, 5) is 42.5. The van der Waals surface area contributed by atoms with E-state index in [9.17, 15) is 30.3 Å². The third kappa shape index (κ3) is 5.20. The number of nitriles is 1. The van der Waals surface area contributed by atoms with Crippen LogP contribution in [-0.2, 0) is 16.1 Å². The molecule has 1 aliphatic rings. The average molecular weight is 442 g/mol. The minimum Gasteiger partial charge on any atom is -0.483 e. The van der Waals surface area contributed by atoms with Crippen molar-refractivity contribution < 1.29 is 24.6 Å². The van der Waals surface area contributed by atoms with Gasteiger partial charge in [-0.2, -0.15) is 5.26 Å². The lowest BCUT2D eigenvalue weighted by Crippen LogP contribution is -2.32. The third-order valence-electron chi connectivity index (χ3n) is 4.55. The van der Waals surface area contributed by atoms with Crippen molar-refractivity contribution in [1.29, 1.82) is 5.26 Å². The molecule has 3 rings (SSSR count). The first-order valence-corrected chi connectivity index (χ1v) is 9.35. The van der Waals surface area contributed by atoms with E-state index in [1.807, 2.05) is 13.8 Å². The molecule has 0 N–H and O–H groups in total. The molecule has 1 atom stereocenters. The van der Waals surface area contributed by atoms with E-state index in [4.69, 9.17) is 4.74 Å². The van der Waals surface area contributed by atoms with E-state index in [1.54, 1.807) is 30.3 Å². The number of aromatic nitrogens is 1. The largest absolute Gasteiger partial charge is 0.483 e. The monoisotopic (exact) mass is 442 g/mol. The summed E-state index contributed by atoms with van der Waals surface area (Å²) in [5.74, 6) is 0.513. The fraction of sp³-hybridized carbons (Fsp3) is 0.300. The Bertz CT molecular complexity index is 1190. The number of ether oxygens (including phenoxy) is 1. The van der Waals surface area contributed by atoms with E-state index in [-0.39, 0.29) is 6.42 Å². The van der Waals surface area contributed by atoms with Gasteiger partial charge in [0.2, 0.25) is 0 Å². The van der Waals surface area contributed by atoms with Gasteiger partial charge in [0.15, 0.2) is 0 Å². The van der Waals surface area contributed by atoms with E-state index in [0.29, 0.717) is 28.1 Å². The van der Waals surface area contributed by atoms with Crippen molar-refractivity contribution >= 4 is 5.70 Å². The second-order valence-electron chi connectivity index (χ2n) is 7.48. The van der Waals surface area contributed by atoms with Gasteiger partial charge >= 0.3 is 0 Å². The smallest absolute Gasteiger partial charge is 0.294 e. The number of pyridine rings is 1. The lowest BCUT2D eigenvalue weighted by Gasteiger charge is -2.31. The minimum absolute atomic E-state index is 0.159. The second-order valence-corrected chi connectivity index (χ2v) is 7.48. The van der Waals surface area contributed by atoms with Crippen molar-refractivity contribution in [3.8, 4) is 11.8 Å². The van der Waals surface area contributed by atoms with Crippen molar-refractivity contribution in [3.63, 3.8) is 0 Å². The van der Waals surface area contributed by atoms with Crippen LogP contribution in [0.2, 0.25) is 0 Å². The number of hydrogen-bond donors (Lipinski definition) is 0. The average Bonchev–Trinajstić information content (AvgIpc) is 2.70. The van der Waals surface area contributed by atoms with E-state index in [1.165, 1.54) is 16.8 Å². The highest BCUT2D eigenvalue weighted by atomic mass is 17.0. The van der Waals surface area contributed by atoms with E-state index < -0.39 is 34.0 Å². The Morgan fingerprint density at radius 1 is 1.22 bits per heavy atom. The molecule has 1 aromatic carbocycles. The molecule has 0 radical (unpaired) electrons.